The van der Waals surface area contributed by atoms with E-state index in [0.717, 1.165) is 31.9 Å². The molecule has 0 saturated carbocycles. The van der Waals surface area contributed by atoms with Crippen LogP contribution in [0.5, 0.6) is 0 Å². The smallest absolute Gasteiger partial charge is 0.133 e. The molecule has 3 heterocycles. The van der Waals surface area contributed by atoms with Gasteiger partial charge in [-0.2, -0.15) is 0 Å². The van der Waals surface area contributed by atoms with Crippen LogP contribution in [-0.4, -0.2) is 24.6 Å². The Kier molecular flexibility index (Phi) is 4.88. The molecule has 1 fully saturated rings. The van der Waals surface area contributed by atoms with E-state index in [1.54, 1.807) is 0 Å². The lowest BCUT2D eigenvalue weighted by atomic mass is 10.0. The van der Waals surface area contributed by atoms with E-state index in [2.05, 4.69) is 58.9 Å². The summed E-state index contributed by atoms with van der Waals surface area (Å²) in [7, 11) is 0. The van der Waals surface area contributed by atoms with Gasteiger partial charge in [0.2, 0.25) is 0 Å². The van der Waals surface area contributed by atoms with Crippen LogP contribution >= 0.6 is 0 Å². The number of hydrogen-bond acceptors (Lipinski definition) is 4. The van der Waals surface area contributed by atoms with E-state index < -0.39 is 0 Å². The van der Waals surface area contributed by atoms with Crippen molar-refractivity contribution in [3.05, 3.63) is 53.2 Å². The number of nitrogens with zero attached hydrogens (tertiary/aromatic N) is 2. The van der Waals surface area contributed by atoms with Gasteiger partial charge in [-0.15, -0.1) is 0 Å². The first-order valence-electron chi connectivity index (χ1n) is 9.59. The number of anilines is 2. The van der Waals surface area contributed by atoms with Crippen LogP contribution in [0.3, 0.4) is 0 Å². The van der Waals surface area contributed by atoms with E-state index in [1.165, 1.54) is 48.3 Å². The van der Waals surface area contributed by atoms with E-state index in [0.29, 0.717) is 6.04 Å². The quantitative estimate of drug-likeness (QED) is 0.884. The first-order chi connectivity index (χ1) is 12.3. The van der Waals surface area contributed by atoms with Crippen molar-refractivity contribution < 1.29 is 0 Å². The molecule has 25 heavy (non-hydrogen) atoms. The maximum atomic E-state index is 4.86. The normalized spacial score (nSPS) is 20.0. The van der Waals surface area contributed by atoms with Crippen LogP contribution in [0.25, 0.3) is 0 Å². The molecular weight excluding hydrogens is 308 g/mol. The Labute approximate surface area is 150 Å². The molecule has 2 aliphatic rings. The minimum absolute atomic E-state index is 0.402. The third-order valence-electron chi connectivity index (χ3n) is 5.36. The summed E-state index contributed by atoms with van der Waals surface area (Å²) in [6.45, 7) is 6.29. The molecule has 1 aromatic carbocycles. The third kappa shape index (κ3) is 3.64. The van der Waals surface area contributed by atoms with Crippen LogP contribution in [0.2, 0.25) is 0 Å². The second-order valence-electron chi connectivity index (χ2n) is 7.22. The minimum atomic E-state index is 0.402. The highest BCUT2D eigenvalue weighted by Gasteiger charge is 2.20. The molecule has 2 aliphatic heterocycles. The van der Waals surface area contributed by atoms with Crippen LogP contribution in [-0.2, 0) is 6.54 Å². The SMILES string of the molecule is Cc1ccc(CN[C@@H]2CCCNc3ccccc32)c(N2CCCC2)n1. The zero-order valence-corrected chi connectivity index (χ0v) is 15.1. The van der Waals surface area contributed by atoms with Gasteiger partial charge in [0.05, 0.1) is 0 Å². The number of pyridine rings is 1. The lowest BCUT2D eigenvalue weighted by Crippen LogP contribution is -2.25. The zero-order chi connectivity index (χ0) is 17.1. The fourth-order valence-electron chi connectivity index (χ4n) is 4.00. The van der Waals surface area contributed by atoms with Crippen LogP contribution in [0, 0.1) is 6.92 Å². The summed E-state index contributed by atoms with van der Waals surface area (Å²) in [5.74, 6) is 1.19. The molecule has 0 spiro atoms. The molecule has 1 atom stereocenters. The Morgan fingerprint density at radius 1 is 1.12 bits per heavy atom. The summed E-state index contributed by atoms with van der Waals surface area (Å²) in [6, 6.07) is 13.5. The average molecular weight is 336 g/mol. The number of nitrogens with one attached hydrogen (secondary N) is 2. The molecule has 4 nitrogen and oxygen atoms in total. The van der Waals surface area contributed by atoms with E-state index in [1.807, 2.05) is 0 Å². The zero-order valence-electron chi connectivity index (χ0n) is 15.1. The minimum Gasteiger partial charge on any atom is -0.385 e. The molecule has 2 aromatic rings. The highest BCUT2D eigenvalue weighted by Crippen LogP contribution is 2.30. The molecule has 0 radical (unpaired) electrons. The van der Waals surface area contributed by atoms with Crippen molar-refractivity contribution in [2.45, 2.75) is 45.2 Å². The molecular formula is C21H28N4. The van der Waals surface area contributed by atoms with Crippen LogP contribution in [0.15, 0.2) is 36.4 Å². The number of rotatable bonds is 4. The summed E-state index contributed by atoms with van der Waals surface area (Å²) in [5.41, 5.74) is 5.10. The molecule has 0 amide bonds. The van der Waals surface area contributed by atoms with Crippen molar-refractivity contribution in [3.8, 4) is 0 Å². The summed E-state index contributed by atoms with van der Waals surface area (Å²) >= 11 is 0. The predicted octanol–water partition coefficient (Wildman–Crippen LogP) is 4.03. The van der Waals surface area contributed by atoms with E-state index in [-0.39, 0.29) is 0 Å². The predicted molar refractivity (Wildman–Crippen MR) is 104 cm³/mol. The van der Waals surface area contributed by atoms with Crippen molar-refractivity contribution in [3.63, 3.8) is 0 Å². The van der Waals surface area contributed by atoms with Gasteiger partial charge in [0.15, 0.2) is 0 Å². The lowest BCUT2D eigenvalue weighted by molar-refractivity contribution is 0.497. The lowest BCUT2D eigenvalue weighted by Gasteiger charge is -2.23. The van der Waals surface area contributed by atoms with Crippen LogP contribution in [0.1, 0.15) is 48.5 Å². The summed E-state index contributed by atoms with van der Waals surface area (Å²) < 4.78 is 0. The van der Waals surface area contributed by atoms with Gasteiger partial charge in [0.25, 0.3) is 0 Å². The molecule has 4 rings (SSSR count). The van der Waals surface area contributed by atoms with Gasteiger partial charge in [-0.25, -0.2) is 4.98 Å². The molecule has 2 N–H and O–H groups in total. The van der Waals surface area contributed by atoms with Gasteiger partial charge in [-0.05, 0) is 50.3 Å². The third-order valence-corrected chi connectivity index (χ3v) is 5.36. The highest BCUT2D eigenvalue weighted by molar-refractivity contribution is 5.53. The Morgan fingerprint density at radius 3 is 2.84 bits per heavy atom. The standard InChI is InChI=1S/C21H28N4/c1-16-10-11-17(21(24-16)25-13-4-5-14-25)15-23-20-9-6-12-22-19-8-3-2-7-18(19)20/h2-3,7-8,10-11,20,22-23H,4-6,9,12-15H2,1H3/t20-/m1/s1. The number of hydrogen-bond donors (Lipinski definition) is 2. The van der Waals surface area contributed by atoms with E-state index >= 15 is 0 Å². The molecule has 4 heteroatoms. The van der Waals surface area contributed by atoms with Gasteiger partial charge >= 0.3 is 0 Å². The number of aryl methyl sites for hydroxylation is 1. The Morgan fingerprint density at radius 2 is 1.96 bits per heavy atom. The van der Waals surface area contributed by atoms with Crippen LogP contribution < -0.4 is 15.5 Å². The topological polar surface area (TPSA) is 40.2 Å². The fraction of sp³-hybridized carbons (Fsp3) is 0.476. The van der Waals surface area contributed by atoms with Gasteiger partial charge in [0.1, 0.15) is 5.82 Å². The van der Waals surface area contributed by atoms with Gasteiger partial charge < -0.3 is 15.5 Å². The van der Waals surface area contributed by atoms with E-state index in [4.69, 9.17) is 4.98 Å². The molecule has 132 valence electrons. The molecule has 1 aromatic heterocycles. The van der Waals surface area contributed by atoms with Crippen molar-refractivity contribution in [2.24, 2.45) is 0 Å². The highest BCUT2D eigenvalue weighted by atomic mass is 15.2. The largest absolute Gasteiger partial charge is 0.385 e. The second kappa shape index (κ2) is 7.44. The first kappa shape index (κ1) is 16.4. The Bertz CT molecular complexity index is 722. The maximum Gasteiger partial charge on any atom is 0.133 e. The van der Waals surface area contributed by atoms with Crippen molar-refractivity contribution in [1.29, 1.82) is 0 Å². The van der Waals surface area contributed by atoms with Gasteiger partial charge in [-0.1, -0.05) is 24.3 Å². The van der Waals surface area contributed by atoms with Gasteiger partial charge in [-0.3, -0.25) is 0 Å². The molecule has 0 unspecified atom stereocenters. The fourth-order valence-corrected chi connectivity index (χ4v) is 4.00. The monoisotopic (exact) mass is 336 g/mol. The van der Waals surface area contributed by atoms with E-state index in [9.17, 15) is 0 Å². The summed E-state index contributed by atoms with van der Waals surface area (Å²) in [6.07, 6.45) is 4.92. The van der Waals surface area contributed by atoms with Crippen LogP contribution in [0.4, 0.5) is 11.5 Å². The summed E-state index contributed by atoms with van der Waals surface area (Å²) in [4.78, 5) is 7.31. The Hall–Kier alpha value is -2.07. The maximum absolute atomic E-state index is 4.86. The molecule has 0 bridgehead atoms. The average Bonchev–Trinajstić information content (AvgIpc) is 3.09. The Balaban J connectivity index is 1.53. The number of para-hydroxylation sites is 1. The molecule has 1 saturated heterocycles. The number of benzene rings is 1. The van der Waals surface area contributed by atoms with Crippen molar-refractivity contribution >= 4 is 11.5 Å². The number of aromatic nitrogens is 1. The summed E-state index contributed by atoms with van der Waals surface area (Å²) in [5, 5.41) is 7.37. The second-order valence-corrected chi connectivity index (χ2v) is 7.22. The molecule has 0 aliphatic carbocycles. The number of fused-ring (bicyclic) bond motifs is 1. The first-order valence-corrected chi connectivity index (χ1v) is 9.59. The van der Waals surface area contributed by atoms with Crippen molar-refractivity contribution in [2.75, 3.05) is 29.9 Å². The van der Waals surface area contributed by atoms with Crippen molar-refractivity contribution in [1.82, 2.24) is 10.3 Å². The van der Waals surface area contributed by atoms with Gasteiger partial charge in [0, 0.05) is 49.2 Å².